The van der Waals surface area contributed by atoms with Crippen LogP contribution < -0.4 is 14.8 Å². The molecule has 0 saturated heterocycles. The zero-order valence-corrected chi connectivity index (χ0v) is 15.3. The molecule has 0 bridgehead atoms. The highest BCUT2D eigenvalue weighted by Gasteiger charge is 2.21. The van der Waals surface area contributed by atoms with Crippen LogP contribution in [-0.4, -0.2) is 23.4 Å². The second-order valence-electron chi connectivity index (χ2n) is 5.77. The summed E-state index contributed by atoms with van der Waals surface area (Å²) in [6, 6.07) is 10.6. The number of anilines is 1. The van der Waals surface area contributed by atoms with Crippen molar-refractivity contribution >= 4 is 28.9 Å². The first-order valence-corrected chi connectivity index (χ1v) is 8.81. The highest BCUT2D eigenvalue weighted by molar-refractivity contribution is 6.36. The maximum absolute atomic E-state index is 6.20. The Labute approximate surface area is 160 Å². The summed E-state index contributed by atoms with van der Waals surface area (Å²) in [7, 11) is 0. The zero-order valence-electron chi connectivity index (χ0n) is 13.8. The van der Waals surface area contributed by atoms with Gasteiger partial charge < -0.3 is 19.2 Å². The summed E-state index contributed by atoms with van der Waals surface area (Å²) in [6.07, 6.45) is 0. The Kier molecular flexibility index (Phi) is 4.61. The summed E-state index contributed by atoms with van der Waals surface area (Å²) in [6.45, 7) is 2.98. The number of aromatic nitrogens is 2. The number of halogens is 2. The first-order chi connectivity index (χ1) is 12.6. The van der Waals surface area contributed by atoms with Crippen LogP contribution >= 0.6 is 23.2 Å². The Morgan fingerprint density at radius 1 is 1.08 bits per heavy atom. The summed E-state index contributed by atoms with van der Waals surface area (Å²) in [5.74, 6) is 2.17. The summed E-state index contributed by atoms with van der Waals surface area (Å²) in [4.78, 5) is 0. The molecule has 1 N–H and O–H groups in total. The monoisotopic (exact) mass is 391 g/mol. The fourth-order valence-electron chi connectivity index (χ4n) is 2.66. The van der Waals surface area contributed by atoms with E-state index in [-0.39, 0.29) is 6.04 Å². The van der Waals surface area contributed by atoms with E-state index in [1.807, 2.05) is 25.1 Å². The SMILES string of the molecule is C[C@H](Nc1cccc2c1OCCO2)c1nnc(-c2ccc(Cl)cc2Cl)o1. The van der Waals surface area contributed by atoms with Crippen molar-refractivity contribution in [2.75, 3.05) is 18.5 Å². The Morgan fingerprint density at radius 3 is 2.77 bits per heavy atom. The van der Waals surface area contributed by atoms with E-state index in [2.05, 4.69) is 15.5 Å². The van der Waals surface area contributed by atoms with Crippen LogP contribution in [0.15, 0.2) is 40.8 Å². The van der Waals surface area contributed by atoms with Crippen LogP contribution in [0.2, 0.25) is 10.0 Å². The van der Waals surface area contributed by atoms with Gasteiger partial charge in [-0.2, -0.15) is 0 Å². The summed E-state index contributed by atoms with van der Waals surface area (Å²) in [5.41, 5.74) is 1.44. The molecule has 8 heteroatoms. The van der Waals surface area contributed by atoms with Crippen LogP contribution in [-0.2, 0) is 0 Å². The molecule has 4 rings (SSSR count). The minimum Gasteiger partial charge on any atom is -0.486 e. The van der Waals surface area contributed by atoms with E-state index in [1.165, 1.54) is 0 Å². The number of nitrogens with one attached hydrogen (secondary N) is 1. The van der Waals surface area contributed by atoms with Crippen molar-refractivity contribution in [3.8, 4) is 23.0 Å². The number of hydrogen-bond acceptors (Lipinski definition) is 6. The Bertz CT molecular complexity index is 945. The molecule has 2 aromatic carbocycles. The van der Waals surface area contributed by atoms with Crippen molar-refractivity contribution in [3.63, 3.8) is 0 Å². The standard InChI is InChI=1S/C18H15Cl2N3O3/c1-10(21-14-3-2-4-15-16(14)25-8-7-24-15)17-22-23-18(26-17)12-6-5-11(19)9-13(12)20/h2-6,9-10,21H,7-8H2,1H3/t10-/m0/s1. The highest BCUT2D eigenvalue weighted by Crippen LogP contribution is 2.39. The molecule has 0 amide bonds. The van der Waals surface area contributed by atoms with Crippen molar-refractivity contribution in [3.05, 3.63) is 52.3 Å². The largest absolute Gasteiger partial charge is 0.486 e. The molecule has 0 aliphatic carbocycles. The van der Waals surface area contributed by atoms with E-state index in [9.17, 15) is 0 Å². The fraction of sp³-hybridized carbons (Fsp3) is 0.222. The molecule has 0 saturated carbocycles. The topological polar surface area (TPSA) is 69.4 Å². The third-order valence-corrected chi connectivity index (χ3v) is 4.46. The second kappa shape index (κ2) is 7.05. The van der Waals surface area contributed by atoms with Gasteiger partial charge in [-0.3, -0.25) is 0 Å². The number of benzene rings is 2. The molecule has 26 heavy (non-hydrogen) atoms. The van der Waals surface area contributed by atoms with Crippen LogP contribution in [0.1, 0.15) is 18.9 Å². The normalized spacial score (nSPS) is 14.1. The number of nitrogens with zero attached hydrogens (tertiary/aromatic N) is 2. The molecule has 6 nitrogen and oxygen atoms in total. The Balaban J connectivity index is 1.57. The maximum atomic E-state index is 6.20. The van der Waals surface area contributed by atoms with Crippen LogP contribution in [0, 0.1) is 0 Å². The molecule has 0 fully saturated rings. The maximum Gasteiger partial charge on any atom is 0.249 e. The van der Waals surface area contributed by atoms with Gasteiger partial charge in [-0.05, 0) is 37.3 Å². The smallest absolute Gasteiger partial charge is 0.249 e. The zero-order chi connectivity index (χ0) is 18.1. The molecule has 3 aromatic rings. The number of hydrogen-bond donors (Lipinski definition) is 1. The van der Waals surface area contributed by atoms with E-state index >= 15 is 0 Å². The predicted molar refractivity (Wildman–Crippen MR) is 99.2 cm³/mol. The van der Waals surface area contributed by atoms with Crippen LogP contribution in [0.4, 0.5) is 5.69 Å². The molecule has 0 spiro atoms. The summed E-state index contributed by atoms with van der Waals surface area (Å²) >= 11 is 12.1. The van der Waals surface area contributed by atoms with E-state index in [0.29, 0.717) is 52.1 Å². The molecular formula is C18H15Cl2N3O3. The third kappa shape index (κ3) is 3.30. The van der Waals surface area contributed by atoms with Crippen molar-refractivity contribution in [1.29, 1.82) is 0 Å². The van der Waals surface area contributed by atoms with Gasteiger partial charge in [0.25, 0.3) is 0 Å². The highest BCUT2D eigenvalue weighted by atomic mass is 35.5. The van der Waals surface area contributed by atoms with Gasteiger partial charge in [-0.25, -0.2) is 0 Å². The molecule has 0 unspecified atom stereocenters. The van der Waals surface area contributed by atoms with Crippen LogP contribution in [0.3, 0.4) is 0 Å². The molecule has 1 aliphatic heterocycles. The van der Waals surface area contributed by atoms with Gasteiger partial charge in [0.2, 0.25) is 11.8 Å². The molecule has 2 heterocycles. The lowest BCUT2D eigenvalue weighted by Crippen LogP contribution is -2.17. The predicted octanol–water partition coefficient (Wildman–Crippen LogP) is 4.99. The number of ether oxygens (including phenoxy) is 2. The first-order valence-electron chi connectivity index (χ1n) is 8.06. The number of para-hydroxylation sites is 1. The lowest BCUT2D eigenvalue weighted by atomic mass is 10.2. The number of rotatable bonds is 4. The lowest BCUT2D eigenvalue weighted by molar-refractivity contribution is 0.172. The van der Waals surface area contributed by atoms with Gasteiger partial charge >= 0.3 is 0 Å². The Morgan fingerprint density at radius 2 is 1.92 bits per heavy atom. The van der Waals surface area contributed by atoms with Crippen LogP contribution in [0.5, 0.6) is 11.5 Å². The minimum atomic E-state index is -0.237. The van der Waals surface area contributed by atoms with E-state index in [1.54, 1.807) is 18.2 Å². The van der Waals surface area contributed by atoms with Gasteiger partial charge in [0.05, 0.1) is 16.3 Å². The molecule has 1 atom stereocenters. The van der Waals surface area contributed by atoms with Crippen molar-refractivity contribution in [1.82, 2.24) is 10.2 Å². The van der Waals surface area contributed by atoms with Crippen molar-refractivity contribution in [2.24, 2.45) is 0 Å². The summed E-state index contributed by atoms with van der Waals surface area (Å²) in [5, 5.41) is 12.5. The van der Waals surface area contributed by atoms with Crippen molar-refractivity contribution in [2.45, 2.75) is 13.0 Å². The van der Waals surface area contributed by atoms with Crippen molar-refractivity contribution < 1.29 is 13.9 Å². The lowest BCUT2D eigenvalue weighted by Gasteiger charge is -2.22. The molecule has 1 aliphatic rings. The minimum absolute atomic E-state index is 0.237. The van der Waals surface area contributed by atoms with Gasteiger partial charge in [-0.15, -0.1) is 10.2 Å². The molecule has 0 radical (unpaired) electrons. The summed E-state index contributed by atoms with van der Waals surface area (Å²) < 4.78 is 17.1. The molecule has 1 aromatic heterocycles. The van der Waals surface area contributed by atoms with Gasteiger partial charge in [0.1, 0.15) is 19.3 Å². The van der Waals surface area contributed by atoms with Gasteiger partial charge in [0.15, 0.2) is 11.5 Å². The van der Waals surface area contributed by atoms with E-state index < -0.39 is 0 Å². The van der Waals surface area contributed by atoms with E-state index in [0.717, 1.165) is 5.69 Å². The molecule has 134 valence electrons. The Hall–Kier alpha value is -2.44. The first kappa shape index (κ1) is 17.0. The number of fused-ring (bicyclic) bond motifs is 1. The van der Waals surface area contributed by atoms with Gasteiger partial charge in [-0.1, -0.05) is 29.3 Å². The fourth-order valence-corrected chi connectivity index (χ4v) is 3.15. The van der Waals surface area contributed by atoms with Gasteiger partial charge in [0, 0.05) is 5.02 Å². The average Bonchev–Trinajstić information content (AvgIpc) is 3.12. The third-order valence-electron chi connectivity index (χ3n) is 3.91. The quantitative estimate of drug-likeness (QED) is 0.675. The van der Waals surface area contributed by atoms with Crippen LogP contribution in [0.25, 0.3) is 11.5 Å². The molecular weight excluding hydrogens is 377 g/mol. The van der Waals surface area contributed by atoms with E-state index in [4.69, 9.17) is 37.1 Å². The average molecular weight is 392 g/mol. The second-order valence-corrected chi connectivity index (χ2v) is 6.61.